The second kappa shape index (κ2) is 5.80. The van der Waals surface area contributed by atoms with Crippen LogP contribution in [0.15, 0.2) is 12.2 Å². The summed E-state index contributed by atoms with van der Waals surface area (Å²) in [7, 11) is 0. The lowest BCUT2D eigenvalue weighted by Crippen LogP contribution is -2.28. The first-order valence-corrected chi connectivity index (χ1v) is 5.59. The van der Waals surface area contributed by atoms with E-state index in [0.717, 1.165) is 12.2 Å². The molecule has 0 heterocycles. The van der Waals surface area contributed by atoms with Crippen molar-refractivity contribution in [3.8, 4) is 0 Å². The van der Waals surface area contributed by atoms with Gasteiger partial charge in [0.1, 0.15) is 11.2 Å². The van der Waals surface area contributed by atoms with Gasteiger partial charge >= 0.3 is 11.9 Å². The van der Waals surface area contributed by atoms with Gasteiger partial charge in [-0.1, -0.05) is 0 Å². The van der Waals surface area contributed by atoms with Gasteiger partial charge in [0.15, 0.2) is 0 Å². The number of esters is 2. The van der Waals surface area contributed by atoms with Gasteiger partial charge < -0.3 is 9.47 Å². The monoisotopic (exact) mass is 256 g/mol. The maximum atomic E-state index is 11.3. The van der Waals surface area contributed by atoms with Crippen molar-refractivity contribution in [2.75, 3.05) is 0 Å². The molecule has 0 saturated heterocycles. The molecule has 0 saturated carbocycles. The summed E-state index contributed by atoms with van der Waals surface area (Å²) in [5, 5.41) is 0. The lowest BCUT2D eigenvalue weighted by atomic mass is 10.2. The summed E-state index contributed by atoms with van der Waals surface area (Å²) in [5.74, 6) is -2.57. The summed E-state index contributed by atoms with van der Waals surface area (Å²) < 4.78 is 9.78. The largest absolute Gasteiger partial charge is 0.457 e. The highest BCUT2D eigenvalue weighted by molar-refractivity contribution is 6.38. The molecule has 0 bridgehead atoms. The standard InChI is InChI=1S/C13H20O5/c1-12(2,3)17-10(15)8-7-9(14)11(16)18-13(4,5)6/h7-8H,1-6H3. The van der Waals surface area contributed by atoms with E-state index in [4.69, 9.17) is 9.47 Å². The topological polar surface area (TPSA) is 69.7 Å². The Labute approximate surface area is 107 Å². The van der Waals surface area contributed by atoms with Crippen molar-refractivity contribution < 1.29 is 23.9 Å². The zero-order valence-corrected chi connectivity index (χ0v) is 11.7. The van der Waals surface area contributed by atoms with Gasteiger partial charge in [0.2, 0.25) is 0 Å². The van der Waals surface area contributed by atoms with Gasteiger partial charge in [-0.25, -0.2) is 9.59 Å². The van der Waals surface area contributed by atoms with Gasteiger partial charge in [-0.2, -0.15) is 0 Å². The molecule has 5 heteroatoms. The molecular formula is C13H20O5. The van der Waals surface area contributed by atoms with E-state index >= 15 is 0 Å². The Balaban J connectivity index is 4.40. The van der Waals surface area contributed by atoms with E-state index in [9.17, 15) is 14.4 Å². The number of rotatable bonds is 3. The van der Waals surface area contributed by atoms with Crippen molar-refractivity contribution >= 4 is 17.7 Å². The summed E-state index contributed by atoms with van der Waals surface area (Å²) in [6.07, 6.45) is 1.76. The molecule has 0 spiro atoms. The van der Waals surface area contributed by atoms with Gasteiger partial charge in [-0.15, -0.1) is 0 Å². The molecular weight excluding hydrogens is 236 g/mol. The molecule has 0 aromatic heterocycles. The highest BCUT2D eigenvalue weighted by atomic mass is 16.6. The molecule has 0 radical (unpaired) electrons. The minimum absolute atomic E-state index is 0.642. The SMILES string of the molecule is CC(C)(C)OC(=O)C=CC(=O)C(=O)OC(C)(C)C. The van der Waals surface area contributed by atoms with Crippen LogP contribution >= 0.6 is 0 Å². The van der Waals surface area contributed by atoms with Gasteiger partial charge in [0, 0.05) is 12.2 Å². The van der Waals surface area contributed by atoms with Crippen molar-refractivity contribution in [2.24, 2.45) is 0 Å². The molecule has 0 aromatic rings. The Bertz CT molecular complexity index is 366. The quantitative estimate of drug-likeness (QED) is 0.437. The van der Waals surface area contributed by atoms with Crippen LogP contribution in [0.5, 0.6) is 0 Å². The van der Waals surface area contributed by atoms with E-state index in [2.05, 4.69) is 0 Å². The van der Waals surface area contributed by atoms with Crippen LogP contribution in [0.3, 0.4) is 0 Å². The molecule has 0 unspecified atom stereocenters. The summed E-state index contributed by atoms with van der Waals surface area (Å²) in [5.41, 5.74) is -1.39. The molecule has 0 aliphatic rings. The number of carbonyl (C=O) groups is 3. The molecule has 0 aliphatic carbocycles. The van der Waals surface area contributed by atoms with Crippen LogP contribution in [0, 0.1) is 0 Å². The van der Waals surface area contributed by atoms with E-state index in [1.165, 1.54) is 0 Å². The average molecular weight is 256 g/mol. The molecule has 0 N–H and O–H groups in total. The van der Waals surface area contributed by atoms with Crippen LogP contribution in [0.25, 0.3) is 0 Å². The fraction of sp³-hybridized carbons (Fsp3) is 0.615. The van der Waals surface area contributed by atoms with Gasteiger partial charge in [0.25, 0.3) is 5.78 Å². The molecule has 0 rings (SSSR count). The van der Waals surface area contributed by atoms with Gasteiger partial charge in [-0.3, -0.25) is 4.79 Å². The van der Waals surface area contributed by atoms with Crippen LogP contribution < -0.4 is 0 Å². The third kappa shape index (κ3) is 8.50. The maximum absolute atomic E-state index is 11.3. The first-order valence-electron chi connectivity index (χ1n) is 5.59. The number of ketones is 1. The average Bonchev–Trinajstić information content (AvgIpc) is 2.08. The second-order valence-corrected chi connectivity index (χ2v) is 5.73. The smallest absolute Gasteiger partial charge is 0.379 e. The van der Waals surface area contributed by atoms with Crippen LogP contribution in [-0.2, 0) is 23.9 Å². The third-order valence-corrected chi connectivity index (χ3v) is 1.38. The number of hydrogen-bond acceptors (Lipinski definition) is 5. The second-order valence-electron chi connectivity index (χ2n) is 5.73. The van der Waals surface area contributed by atoms with Crippen molar-refractivity contribution in [3.63, 3.8) is 0 Å². The normalized spacial score (nSPS) is 12.3. The third-order valence-electron chi connectivity index (χ3n) is 1.38. The van der Waals surface area contributed by atoms with Crippen molar-refractivity contribution in [2.45, 2.75) is 52.7 Å². The highest BCUT2D eigenvalue weighted by Gasteiger charge is 2.21. The summed E-state index contributed by atoms with van der Waals surface area (Å²) in [6, 6.07) is 0. The highest BCUT2D eigenvalue weighted by Crippen LogP contribution is 2.08. The van der Waals surface area contributed by atoms with E-state index in [1.807, 2.05) is 0 Å². The lowest BCUT2D eigenvalue weighted by molar-refractivity contribution is -0.160. The molecule has 18 heavy (non-hydrogen) atoms. The Hall–Kier alpha value is -1.65. The predicted molar refractivity (Wildman–Crippen MR) is 65.8 cm³/mol. The minimum Gasteiger partial charge on any atom is -0.457 e. The summed E-state index contributed by atoms with van der Waals surface area (Å²) in [4.78, 5) is 33.9. The van der Waals surface area contributed by atoms with Crippen molar-refractivity contribution in [3.05, 3.63) is 12.2 Å². The van der Waals surface area contributed by atoms with Crippen LogP contribution in [0.2, 0.25) is 0 Å². The number of ether oxygens (including phenoxy) is 2. The predicted octanol–water partition coefficient (Wildman–Crippen LogP) is 1.80. The first-order chi connectivity index (χ1) is 7.91. The molecule has 5 nitrogen and oxygen atoms in total. The zero-order valence-electron chi connectivity index (χ0n) is 11.7. The molecule has 0 atom stereocenters. The molecule has 0 aliphatic heterocycles. The fourth-order valence-electron chi connectivity index (χ4n) is 0.876. The van der Waals surface area contributed by atoms with Crippen molar-refractivity contribution in [1.29, 1.82) is 0 Å². The molecule has 0 amide bonds. The molecule has 0 aromatic carbocycles. The fourth-order valence-corrected chi connectivity index (χ4v) is 0.876. The molecule has 102 valence electrons. The van der Waals surface area contributed by atoms with Crippen LogP contribution in [0.1, 0.15) is 41.5 Å². The Kier molecular flexibility index (Phi) is 5.27. The Morgan fingerprint density at radius 2 is 1.22 bits per heavy atom. The number of hydrogen-bond donors (Lipinski definition) is 0. The maximum Gasteiger partial charge on any atom is 0.379 e. The van der Waals surface area contributed by atoms with E-state index in [1.54, 1.807) is 41.5 Å². The number of carbonyl (C=O) groups excluding carboxylic acids is 3. The van der Waals surface area contributed by atoms with Gasteiger partial charge in [-0.05, 0) is 41.5 Å². The Morgan fingerprint density at radius 1 is 0.778 bits per heavy atom. The summed E-state index contributed by atoms with van der Waals surface area (Å²) >= 11 is 0. The molecule has 0 fully saturated rings. The summed E-state index contributed by atoms with van der Waals surface area (Å²) in [6.45, 7) is 10.1. The van der Waals surface area contributed by atoms with Crippen LogP contribution in [0.4, 0.5) is 0 Å². The van der Waals surface area contributed by atoms with Crippen molar-refractivity contribution in [1.82, 2.24) is 0 Å². The van der Waals surface area contributed by atoms with Crippen LogP contribution in [-0.4, -0.2) is 28.9 Å². The van der Waals surface area contributed by atoms with E-state index in [0.29, 0.717) is 0 Å². The van der Waals surface area contributed by atoms with E-state index < -0.39 is 28.9 Å². The first kappa shape index (κ1) is 16.4. The van der Waals surface area contributed by atoms with E-state index in [-0.39, 0.29) is 0 Å². The lowest BCUT2D eigenvalue weighted by Gasteiger charge is -2.18. The Morgan fingerprint density at radius 3 is 1.61 bits per heavy atom. The van der Waals surface area contributed by atoms with Gasteiger partial charge in [0.05, 0.1) is 0 Å². The zero-order chi connectivity index (χ0) is 14.6. The minimum atomic E-state index is -0.998.